The minimum absolute atomic E-state index is 0.435. The average molecular weight is 307 g/mol. The lowest BCUT2D eigenvalue weighted by Crippen LogP contribution is -1.93. The molecule has 0 N–H and O–H groups in total. The molecule has 0 saturated carbocycles. The molecule has 0 aliphatic heterocycles. The van der Waals surface area contributed by atoms with Crippen molar-refractivity contribution in [1.82, 2.24) is 0 Å². The van der Waals surface area contributed by atoms with Gasteiger partial charge in [-0.15, -0.1) is 0 Å². The first-order chi connectivity index (χ1) is 6.33. The molecular formula is C10H8ClIO. The summed E-state index contributed by atoms with van der Waals surface area (Å²) in [7, 11) is 0. The summed E-state index contributed by atoms with van der Waals surface area (Å²) in [5, 5.41) is 0.714. The summed E-state index contributed by atoms with van der Waals surface area (Å²) in [6, 6.07) is 7.24. The number of halogens is 2. The first-order valence-corrected chi connectivity index (χ1v) is 5.63. The molecule has 0 amide bonds. The van der Waals surface area contributed by atoms with Crippen molar-refractivity contribution >= 4 is 34.2 Å². The van der Waals surface area contributed by atoms with Crippen LogP contribution < -0.4 is 4.74 Å². The molecule has 0 radical (unpaired) electrons. The van der Waals surface area contributed by atoms with Crippen LogP contribution in [0.4, 0.5) is 0 Å². The predicted molar refractivity (Wildman–Crippen MR) is 63.6 cm³/mol. The molecule has 0 saturated heterocycles. The standard InChI is InChI=1S/C10H8ClIO/c11-9-3-5-10(6-4-9)13-8-2-1-7-12/h3-6H,7-8H2. The van der Waals surface area contributed by atoms with Gasteiger partial charge in [-0.2, -0.15) is 0 Å². The Morgan fingerprint density at radius 1 is 1.23 bits per heavy atom. The first kappa shape index (κ1) is 10.7. The van der Waals surface area contributed by atoms with E-state index in [1.165, 1.54) is 0 Å². The summed E-state index contributed by atoms with van der Waals surface area (Å²) in [6.07, 6.45) is 0. The van der Waals surface area contributed by atoms with Gasteiger partial charge in [0, 0.05) is 5.02 Å². The quantitative estimate of drug-likeness (QED) is 0.463. The van der Waals surface area contributed by atoms with E-state index in [1.807, 2.05) is 12.1 Å². The molecule has 0 bridgehead atoms. The van der Waals surface area contributed by atoms with Gasteiger partial charge in [-0.3, -0.25) is 0 Å². The van der Waals surface area contributed by atoms with Crippen LogP contribution in [0, 0.1) is 11.8 Å². The van der Waals surface area contributed by atoms with Crippen molar-refractivity contribution in [3.05, 3.63) is 29.3 Å². The lowest BCUT2D eigenvalue weighted by atomic mass is 10.3. The van der Waals surface area contributed by atoms with Gasteiger partial charge in [-0.05, 0) is 24.3 Å². The maximum atomic E-state index is 5.71. The van der Waals surface area contributed by atoms with Crippen LogP contribution in [-0.4, -0.2) is 11.0 Å². The van der Waals surface area contributed by atoms with E-state index < -0.39 is 0 Å². The molecule has 0 spiro atoms. The molecule has 13 heavy (non-hydrogen) atoms. The molecule has 68 valence electrons. The molecule has 3 heteroatoms. The zero-order valence-electron chi connectivity index (χ0n) is 6.89. The minimum Gasteiger partial charge on any atom is -0.481 e. The minimum atomic E-state index is 0.435. The van der Waals surface area contributed by atoms with Crippen LogP contribution in [0.5, 0.6) is 5.75 Å². The zero-order valence-corrected chi connectivity index (χ0v) is 9.80. The summed E-state index contributed by atoms with van der Waals surface area (Å²) in [6.45, 7) is 0.435. The fourth-order valence-corrected chi connectivity index (χ4v) is 1.14. The van der Waals surface area contributed by atoms with Crippen molar-refractivity contribution in [2.45, 2.75) is 0 Å². The summed E-state index contributed by atoms with van der Waals surface area (Å²) in [4.78, 5) is 0. The van der Waals surface area contributed by atoms with E-state index in [4.69, 9.17) is 16.3 Å². The van der Waals surface area contributed by atoms with Crippen LogP contribution in [0.2, 0.25) is 5.02 Å². The second-order valence-corrected chi connectivity index (χ2v) is 3.43. The highest BCUT2D eigenvalue weighted by molar-refractivity contribution is 14.1. The number of alkyl halides is 1. The number of hydrogen-bond acceptors (Lipinski definition) is 1. The smallest absolute Gasteiger partial charge is 0.149 e. The summed E-state index contributed by atoms with van der Waals surface area (Å²) < 4.78 is 6.16. The van der Waals surface area contributed by atoms with Crippen molar-refractivity contribution in [3.63, 3.8) is 0 Å². The van der Waals surface area contributed by atoms with Gasteiger partial charge in [0.2, 0.25) is 0 Å². The fourth-order valence-electron chi connectivity index (χ4n) is 0.749. The van der Waals surface area contributed by atoms with Crippen LogP contribution in [0.25, 0.3) is 0 Å². The Morgan fingerprint density at radius 3 is 2.54 bits per heavy atom. The Bertz CT molecular complexity index is 310. The molecule has 0 aliphatic carbocycles. The highest BCUT2D eigenvalue weighted by atomic mass is 127. The van der Waals surface area contributed by atoms with Crippen LogP contribution in [0.1, 0.15) is 0 Å². The fraction of sp³-hybridized carbons (Fsp3) is 0.200. The van der Waals surface area contributed by atoms with E-state index in [9.17, 15) is 0 Å². The number of hydrogen-bond donors (Lipinski definition) is 0. The summed E-state index contributed by atoms with van der Waals surface area (Å²) in [5.41, 5.74) is 0. The Morgan fingerprint density at radius 2 is 1.92 bits per heavy atom. The molecule has 0 aliphatic rings. The molecule has 1 rings (SSSR count). The predicted octanol–water partition coefficient (Wildman–Crippen LogP) is 3.16. The molecule has 0 fully saturated rings. The van der Waals surface area contributed by atoms with Gasteiger partial charge in [0.1, 0.15) is 12.4 Å². The Labute approximate surface area is 96.6 Å². The molecule has 0 unspecified atom stereocenters. The second kappa shape index (κ2) is 6.11. The molecule has 0 heterocycles. The van der Waals surface area contributed by atoms with E-state index in [1.54, 1.807) is 12.1 Å². The summed E-state index contributed by atoms with van der Waals surface area (Å²) in [5.74, 6) is 6.60. The topological polar surface area (TPSA) is 9.23 Å². The Balaban J connectivity index is 2.41. The van der Waals surface area contributed by atoms with Gasteiger partial charge in [-0.25, -0.2) is 0 Å². The highest BCUT2D eigenvalue weighted by Gasteiger charge is 1.90. The van der Waals surface area contributed by atoms with Crippen molar-refractivity contribution in [2.75, 3.05) is 11.0 Å². The van der Waals surface area contributed by atoms with Gasteiger partial charge in [-0.1, -0.05) is 46.0 Å². The Kier molecular flexibility index (Phi) is 5.02. The molecular weight excluding hydrogens is 298 g/mol. The van der Waals surface area contributed by atoms with Crippen molar-refractivity contribution in [3.8, 4) is 17.6 Å². The normalized spacial score (nSPS) is 8.77. The van der Waals surface area contributed by atoms with Gasteiger partial charge < -0.3 is 4.74 Å². The number of benzene rings is 1. The van der Waals surface area contributed by atoms with Crippen molar-refractivity contribution in [1.29, 1.82) is 0 Å². The summed E-state index contributed by atoms with van der Waals surface area (Å²) >= 11 is 7.91. The van der Waals surface area contributed by atoms with E-state index >= 15 is 0 Å². The second-order valence-electron chi connectivity index (χ2n) is 2.23. The van der Waals surface area contributed by atoms with E-state index in [0.717, 1.165) is 10.2 Å². The van der Waals surface area contributed by atoms with Crippen LogP contribution in [0.3, 0.4) is 0 Å². The largest absolute Gasteiger partial charge is 0.481 e. The number of rotatable bonds is 2. The molecule has 0 atom stereocenters. The van der Waals surface area contributed by atoms with Crippen LogP contribution >= 0.6 is 34.2 Å². The molecule has 1 aromatic carbocycles. The zero-order chi connectivity index (χ0) is 9.52. The molecule has 1 nitrogen and oxygen atoms in total. The van der Waals surface area contributed by atoms with Gasteiger partial charge in [0.05, 0.1) is 4.43 Å². The average Bonchev–Trinajstić information content (AvgIpc) is 2.15. The first-order valence-electron chi connectivity index (χ1n) is 3.73. The Hall–Kier alpha value is -0.400. The van der Waals surface area contributed by atoms with E-state index in [-0.39, 0.29) is 0 Å². The van der Waals surface area contributed by atoms with Gasteiger partial charge >= 0.3 is 0 Å². The van der Waals surface area contributed by atoms with Gasteiger partial charge in [0.25, 0.3) is 0 Å². The maximum absolute atomic E-state index is 5.71. The third-order valence-corrected chi connectivity index (χ3v) is 1.95. The molecule has 1 aromatic rings. The van der Waals surface area contributed by atoms with Gasteiger partial charge in [0.15, 0.2) is 0 Å². The number of ether oxygens (including phenoxy) is 1. The van der Waals surface area contributed by atoms with Crippen LogP contribution in [-0.2, 0) is 0 Å². The third-order valence-electron chi connectivity index (χ3n) is 1.32. The van der Waals surface area contributed by atoms with Crippen LogP contribution in [0.15, 0.2) is 24.3 Å². The lowest BCUT2D eigenvalue weighted by Gasteiger charge is -2.00. The monoisotopic (exact) mass is 306 g/mol. The SMILES string of the molecule is Clc1ccc(OCC#CCI)cc1. The highest BCUT2D eigenvalue weighted by Crippen LogP contribution is 2.14. The molecule has 0 aromatic heterocycles. The van der Waals surface area contributed by atoms with Crippen molar-refractivity contribution < 1.29 is 4.74 Å². The van der Waals surface area contributed by atoms with E-state index in [0.29, 0.717) is 11.6 Å². The third kappa shape index (κ3) is 4.39. The van der Waals surface area contributed by atoms with Crippen molar-refractivity contribution in [2.24, 2.45) is 0 Å². The van der Waals surface area contributed by atoms with E-state index in [2.05, 4.69) is 34.4 Å². The lowest BCUT2D eigenvalue weighted by molar-refractivity contribution is 0.370. The maximum Gasteiger partial charge on any atom is 0.149 e.